The summed E-state index contributed by atoms with van der Waals surface area (Å²) in [6.45, 7) is 11.3. The first-order valence-electron chi connectivity index (χ1n) is 12.2. The molecule has 0 atom stereocenters. The molecule has 0 aliphatic carbocycles. The van der Waals surface area contributed by atoms with Gasteiger partial charge in [-0.25, -0.2) is 0 Å². The lowest BCUT2D eigenvalue weighted by Crippen LogP contribution is -2.44. The molecule has 0 radical (unpaired) electrons. The molecular formula is C28H34N2O6. The van der Waals surface area contributed by atoms with Gasteiger partial charge < -0.3 is 25.0 Å². The van der Waals surface area contributed by atoms with Crippen molar-refractivity contribution in [1.82, 2.24) is 4.57 Å². The van der Waals surface area contributed by atoms with E-state index in [0.29, 0.717) is 4.57 Å². The molecule has 0 saturated carbocycles. The molecule has 2 aromatic rings. The fourth-order valence-electron chi connectivity index (χ4n) is 5.27. The summed E-state index contributed by atoms with van der Waals surface area (Å²) in [6.07, 6.45) is 5.48. The van der Waals surface area contributed by atoms with Crippen LogP contribution >= 0.6 is 0 Å². The van der Waals surface area contributed by atoms with Crippen LogP contribution in [0.2, 0.25) is 0 Å². The maximum Gasteiger partial charge on any atom is 0.323 e. The van der Waals surface area contributed by atoms with Crippen molar-refractivity contribution in [2.75, 3.05) is 24.8 Å². The molecule has 1 aromatic heterocycles. The molecule has 1 aromatic carbocycles. The van der Waals surface area contributed by atoms with Crippen LogP contribution in [0.15, 0.2) is 22.7 Å². The summed E-state index contributed by atoms with van der Waals surface area (Å²) in [5.74, 6) is -2.00. The van der Waals surface area contributed by atoms with Crippen molar-refractivity contribution >= 4 is 23.8 Å². The molecule has 0 amide bonds. The second-order valence-corrected chi connectivity index (χ2v) is 10.9. The highest BCUT2D eigenvalue weighted by Gasteiger charge is 2.39. The molecule has 3 N–H and O–H groups in total. The van der Waals surface area contributed by atoms with Crippen molar-refractivity contribution in [3.05, 3.63) is 56.0 Å². The van der Waals surface area contributed by atoms with Gasteiger partial charge in [0.05, 0.1) is 0 Å². The Kier molecular flexibility index (Phi) is 6.54. The molecule has 2 aliphatic rings. The third-order valence-corrected chi connectivity index (χ3v) is 7.58. The van der Waals surface area contributed by atoms with Gasteiger partial charge in [-0.1, -0.05) is 27.7 Å². The van der Waals surface area contributed by atoms with E-state index in [9.17, 15) is 24.9 Å². The van der Waals surface area contributed by atoms with Crippen molar-refractivity contribution in [2.24, 2.45) is 0 Å². The number of ether oxygens (including phenoxy) is 1. The zero-order chi connectivity index (χ0) is 26.4. The Morgan fingerprint density at radius 1 is 1.11 bits per heavy atom. The number of anilines is 1. The van der Waals surface area contributed by atoms with E-state index >= 15 is 0 Å². The normalized spacial score (nSPS) is 17.1. The lowest BCUT2D eigenvalue weighted by molar-refractivity contribution is -0.137. The molecular weight excluding hydrogens is 460 g/mol. The number of benzene rings is 1. The summed E-state index contributed by atoms with van der Waals surface area (Å²) >= 11 is 0. The molecule has 192 valence electrons. The number of aromatic hydroxyl groups is 1. The Balaban J connectivity index is 1.85. The van der Waals surface area contributed by atoms with Gasteiger partial charge in [0.25, 0.3) is 5.56 Å². The smallest absolute Gasteiger partial charge is 0.323 e. The van der Waals surface area contributed by atoms with Gasteiger partial charge in [0, 0.05) is 29.9 Å². The number of hydrogen-bond donors (Lipinski definition) is 3. The minimum Gasteiger partial charge on any atom is -0.494 e. The van der Waals surface area contributed by atoms with Crippen molar-refractivity contribution in [2.45, 2.75) is 64.8 Å². The van der Waals surface area contributed by atoms with E-state index in [-0.39, 0.29) is 27.7 Å². The fourth-order valence-corrected chi connectivity index (χ4v) is 5.27. The number of aliphatic hydroxyl groups excluding tert-OH is 1. The van der Waals surface area contributed by atoms with Gasteiger partial charge in [0.1, 0.15) is 6.54 Å². The number of carbonyl (C=O) groups is 1. The highest BCUT2D eigenvalue weighted by atomic mass is 16.6. The monoisotopic (exact) mass is 494 g/mol. The van der Waals surface area contributed by atoms with Gasteiger partial charge in [0.2, 0.25) is 5.88 Å². The Hall–Kier alpha value is -3.48. The minimum atomic E-state index is -1.29. The lowest BCUT2D eigenvalue weighted by Gasteiger charge is -2.48. The zero-order valence-corrected chi connectivity index (χ0v) is 21.5. The largest absolute Gasteiger partial charge is 0.494 e. The zero-order valence-electron chi connectivity index (χ0n) is 21.5. The number of carboxylic acid groups (broad SMARTS) is 1. The number of aliphatic hydroxyl groups is 1. The first-order chi connectivity index (χ1) is 16.9. The predicted octanol–water partition coefficient (Wildman–Crippen LogP) is 3.77. The molecule has 0 bridgehead atoms. The topological polar surface area (TPSA) is 112 Å². The van der Waals surface area contributed by atoms with Gasteiger partial charge in [-0.05, 0) is 71.6 Å². The Labute approximate surface area is 210 Å². The molecule has 4 rings (SSSR count). The van der Waals surface area contributed by atoms with Crippen LogP contribution in [0.5, 0.6) is 11.6 Å². The summed E-state index contributed by atoms with van der Waals surface area (Å²) in [6, 6.07) is 4.40. The molecule has 0 unspecified atom stereocenters. The van der Waals surface area contributed by atoms with Crippen molar-refractivity contribution in [3.63, 3.8) is 0 Å². The molecule has 2 aliphatic heterocycles. The van der Waals surface area contributed by atoms with Crippen molar-refractivity contribution in [1.29, 1.82) is 0 Å². The molecule has 0 saturated heterocycles. The fraction of sp³-hybridized carbons (Fsp3) is 0.464. The third kappa shape index (κ3) is 4.43. The maximum absolute atomic E-state index is 12.6. The Morgan fingerprint density at radius 3 is 2.22 bits per heavy atom. The standard InChI is InChI=1S/C28H34N2O6/c1-17-19(25(34)30(15-22(32)33)26(35)24(17)36-16-31)8-6-7-18-13-20-23-21(14-18)28(4,5)10-12-29(23)11-9-27(20,2)3/h7-8,13-14,31,34H,9-12,15-16H2,1-5H3,(H,32,33). The second kappa shape index (κ2) is 9.19. The summed E-state index contributed by atoms with van der Waals surface area (Å²) in [5, 5.41) is 29.1. The summed E-state index contributed by atoms with van der Waals surface area (Å²) in [5.41, 5.74) is 7.81. The molecule has 0 spiro atoms. The molecule has 0 fully saturated rings. The average molecular weight is 495 g/mol. The third-order valence-electron chi connectivity index (χ3n) is 7.58. The Morgan fingerprint density at radius 2 is 1.69 bits per heavy atom. The van der Waals surface area contributed by atoms with E-state index < -0.39 is 30.7 Å². The maximum atomic E-state index is 12.6. The number of hydrogen-bond acceptors (Lipinski definition) is 6. The van der Waals surface area contributed by atoms with Gasteiger partial charge in [-0.15, -0.1) is 5.73 Å². The molecule has 36 heavy (non-hydrogen) atoms. The van der Waals surface area contributed by atoms with Crippen molar-refractivity contribution in [3.8, 4) is 11.6 Å². The number of carboxylic acids is 1. The van der Waals surface area contributed by atoms with Gasteiger partial charge in [0.15, 0.2) is 12.5 Å². The predicted molar refractivity (Wildman–Crippen MR) is 139 cm³/mol. The first-order valence-corrected chi connectivity index (χ1v) is 12.2. The van der Waals surface area contributed by atoms with Crippen molar-refractivity contribution < 1.29 is 24.9 Å². The molecule has 8 heteroatoms. The number of aromatic nitrogens is 1. The van der Waals surface area contributed by atoms with Gasteiger partial charge >= 0.3 is 5.97 Å². The van der Waals surface area contributed by atoms with Crippen LogP contribution in [0.3, 0.4) is 0 Å². The number of nitrogens with zero attached hydrogens (tertiary/aromatic N) is 2. The summed E-state index contributed by atoms with van der Waals surface area (Å²) in [7, 11) is 0. The Bertz CT molecular complexity index is 1300. The number of pyridine rings is 1. The first kappa shape index (κ1) is 25.6. The number of rotatable bonds is 6. The quantitative estimate of drug-likeness (QED) is 0.414. The summed E-state index contributed by atoms with van der Waals surface area (Å²) in [4.78, 5) is 26.4. The summed E-state index contributed by atoms with van der Waals surface area (Å²) < 4.78 is 5.77. The van der Waals surface area contributed by atoms with E-state index in [1.807, 2.05) is 6.08 Å². The van der Waals surface area contributed by atoms with E-state index in [2.05, 4.69) is 50.5 Å². The lowest BCUT2D eigenvalue weighted by atomic mass is 9.69. The van der Waals surface area contributed by atoms with E-state index in [0.717, 1.165) is 31.5 Å². The highest BCUT2D eigenvalue weighted by molar-refractivity contribution is 5.73. The molecule has 3 heterocycles. The highest BCUT2D eigenvalue weighted by Crippen LogP contribution is 2.49. The van der Waals surface area contributed by atoms with Crippen LogP contribution in [0.4, 0.5) is 5.69 Å². The van der Waals surface area contributed by atoms with Gasteiger partial charge in [-0.2, -0.15) is 0 Å². The molecule has 8 nitrogen and oxygen atoms in total. The van der Waals surface area contributed by atoms with Crippen LogP contribution in [-0.2, 0) is 22.2 Å². The van der Waals surface area contributed by atoms with E-state index in [1.54, 1.807) is 6.92 Å². The average Bonchev–Trinajstić information content (AvgIpc) is 2.80. The number of aliphatic carboxylic acids is 1. The van der Waals surface area contributed by atoms with Crippen LogP contribution in [0, 0.1) is 6.92 Å². The van der Waals surface area contributed by atoms with Gasteiger partial charge in [-0.3, -0.25) is 14.2 Å². The minimum absolute atomic E-state index is 0.0410. The van der Waals surface area contributed by atoms with Crippen LogP contribution in [0.1, 0.15) is 68.4 Å². The second-order valence-electron chi connectivity index (χ2n) is 10.9. The van der Waals surface area contributed by atoms with E-state index in [4.69, 9.17) is 4.74 Å². The van der Waals surface area contributed by atoms with Crippen LogP contribution in [-0.4, -0.2) is 45.7 Å². The SMILES string of the molecule is Cc1c(C=C=Cc2cc3c4c(c2)C(C)(C)CCN4CCC3(C)C)c(O)n(CC(=O)O)c(=O)c1OCO. The van der Waals surface area contributed by atoms with Crippen LogP contribution < -0.4 is 15.2 Å². The van der Waals surface area contributed by atoms with E-state index in [1.165, 1.54) is 22.9 Å². The van der Waals surface area contributed by atoms with Crippen LogP contribution in [0.25, 0.3) is 12.2 Å².